The molecule has 12 heteroatoms. The van der Waals surface area contributed by atoms with Crippen molar-refractivity contribution in [3.8, 4) is 11.3 Å². The van der Waals surface area contributed by atoms with E-state index in [2.05, 4.69) is 30.5 Å². The Bertz CT molecular complexity index is 1320. The second-order valence-electron chi connectivity index (χ2n) is 9.26. The molecule has 0 saturated carbocycles. The first-order valence-electron chi connectivity index (χ1n) is 12.7. The highest BCUT2D eigenvalue weighted by molar-refractivity contribution is 7.11. The second-order valence-corrected chi connectivity index (χ2v) is 10.0. The zero-order valence-corrected chi connectivity index (χ0v) is 22.8. The van der Waals surface area contributed by atoms with E-state index in [9.17, 15) is 14.4 Å². The quantitative estimate of drug-likeness (QED) is 0.254. The van der Waals surface area contributed by atoms with Crippen molar-refractivity contribution >= 4 is 45.9 Å². The number of morpholine rings is 1. The lowest BCUT2D eigenvalue weighted by Gasteiger charge is -2.26. The fourth-order valence-electron chi connectivity index (χ4n) is 4.20. The number of aryl methyl sites for hydroxylation is 2. The average molecular weight is 552 g/mol. The number of carbonyl (C=O) groups is 3. The normalized spacial score (nSPS) is 13.5. The molecule has 1 aliphatic rings. The van der Waals surface area contributed by atoms with Crippen molar-refractivity contribution in [2.75, 3.05) is 55.3 Å². The number of anilines is 3. The summed E-state index contributed by atoms with van der Waals surface area (Å²) in [6.45, 7) is 8.45. The molecule has 0 radical (unpaired) electrons. The summed E-state index contributed by atoms with van der Waals surface area (Å²) in [7, 11) is 0. The number of aromatic nitrogens is 1. The number of ether oxygens (including phenoxy) is 1. The van der Waals surface area contributed by atoms with Crippen LogP contribution in [0.2, 0.25) is 0 Å². The van der Waals surface area contributed by atoms with Crippen LogP contribution in [0.3, 0.4) is 0 Å². The minimum atomic E-state index is -0.694. The van der Waals surface area contributed by atoms with Crippen molar-refractivity contribution in [3.05, 3.63) is 59.2 Å². The van der Waals surface area contributed by atoms with Crippen molar-refractivity contribution in [3.63, 3.8) is 0 Å². The molecule has 1 aromatic heterocycles. The number of nitrogens with zero attached hydrogens (tertiary/aromatic N) is 2. The largest absolute Gasteiger partial charge is 0.379 e. The SMILES string of the molecule is Cc1ccc(NC(=O)Nc2ccc(-c3nsc(NC(=O)NCCCN4CCOCC4)c3C(N)=O)c(C)c2)cc1. The van der Waals surface area contributed by atoms with Gasteiger partial charge < -0.3 is 26.4 Å². The molecule has 3 aromatic rings. The van der Waals surface area contributed by atoms with Gasteiger partial charge in [0.25, 0.3) is 5.91 Å². The van der Waals surface area contributed by atoms with Crippen molar-refractivity contribution in [1.82, 2.24) is 14.6 Å². The number of nitrogens with one attached hydrogen (secondary N) is 4. The van der Waals surface area contributed by atoms with Crippen LogP contribution in [-0.4, -0.2) is 66.6 Å². The van der Waals surface area contributed by atoms with Crippen molar-refractivity contribution in [1.29, 1.82) is 0 Å². The summed E-state index contributed by atoms with van der Waals surface area (Å²) in [6.07, 6.45) is 0.798. The van der Waals surface area contributed by atoms with Crippen molar-refractivity contribution < 1.29 is 19.1 Å². The first-order valence-corrected chi connectivity index (χ1v) is 13.5. The van der Waals surface area contributed by atoms with E-state index in [1.807, 2.05) is 38.1 Å². The number of hydrogen-bond acceptors (Lipinski definition) is 7. The van der Waals surface area contributed by atoms with E-state index in [0.717, 1.165) is 61.9 Å². The van der Waals surface area contributed by atoms with E-state index in [0.29, 0.717) is 29.2 Å². The van der Waals surface area contributed by atoms with Gasteiger partial charge >= 0.3 is 12.1 Å². The van der Waals surface area contributed by atoms with E-state index in [4.69, 9.17) is 10.5 Å². The number of carbonyl (C=O) groups excluding carboxylic acids is 3. The maximum absolute atomic E-state index is 12.5. The first kappa shape index (κ1) is 28.0. The van der Waals surface area contributed by atoms with Gasteiger partial charge in [0.2, 0.25) is 0 Å². The number of nitrogens with two attached hydrogens (primary N) is 1. The monoisotopic (exact) mass is 551 g/mol. The van der Waals surface area contributed by atoms with E-state index < -0.39 is 11.9 Å². The molecule has 206 valence electrons. The van der Waals surface area contributed by atoms with Crippen LogP contribution >= 0.6 is 11.5 Å². The molecule has 4 rings (SSSR count). The second kappa shape index (κ2) is 13.2. The molecule has 2 aromatic carbocycles. The lowest BCUT2D eigenvalue weighted by molar-refractivity contribution is 0.0375. The molecular formula is C27H33N7O4S. The summed E-state index contributed by atoms with van der Waals surface area (Å²) < 4.78 is 9.76. The van der Waals surface area contributed by atoms with Crippen LogP contribution in [0.4, 0.5) is 26.0 Å². The van der Waals surface area contributed by atoms with Gasteiger partial charge in [-0.15, -0.1) is 0 Å². The molecule has 1 fully saturated rings. The lowest BCUT2D eigenvalue weighted by Crippen LogP contribution is -2.38. The third-order valence-corrected chi connectivity index (χ3v) is 7.02. The molecule has 0 unspecified atom stereocenters. The zero-order chi connectivity index (χ0) is 27.8. The van der Waals surface area contributed by atoms with Crippen LogP contribution in [0.25, 0.3) is 11.3 Å². The Morgan fingerprint density at radius 1 is 0.974 bits per heavy atom. The maximum atomic E-state index is 12.5. The highest BCUT2D eigenvalue weighted by atomic mass is 32.1. The Kier molecular flexibility index (Phi) is 9.47. The summed E-state index contributed by atoms with van der Waals surface area (Å²) in [5, 5.41) is 11.4. The van der Waals surface area contributed by atoms with Crippen molar-refractivity contribution in [2.45, 2.75) is 20.3 Å². The molecule has 0 aliphatic carbocycles. The standard InChI is InChI=1S/C27H33N7O4S/c1-17-4-6-19(7-5-17)30-27(37)31-20-8-9-21(18(2)16-20)23-22(24(28)35)25(39-33-23)32-26(36)29-10-3-11-34-12-14-38-15-13-34/h4-9,16H,3,10-15H2,1-2H3,(H2,28,35)(H2,29,32,36)(H2,30,31,37). The minimum absolute atomic E-state index is 0.143. The van der Waals surface area contributed by atoms with Gasteiger partial charge in [0.1, 0.15) is 10.6 Å². The molecule has 0 bridgehead atoms. The van der Waals surface area contributed by atoms with Gasteiger partial charge in [-0.2, -0.15) is 4.37 Å². The summed E-state index contributed by atoms with van der Waals surface area (Å²) in [6, 6.07) is 11.9. The van der Waals surface area contributed by atoms with Gasteiger partial charge in [0, 0.05) is 36.6 Å². The van der Waals surface area contributed by atoms with E-state index >= 15 is 0 Å². The minimum Gasteiger partial charge on any atom is -0.379 e. The van der Waals surface area contributed by atoms with Crippen LogP contribution in [-0.2, 0) is 4.74 Å². The molecule has 6 N–H and O–H groups in total. The average Bonchev–Trinajstić information content (AvgIpc) is 3.32. The molecule has 5 amide bonds. The summed E-state index contributed by atoms with van der Waals surface area (Å²) >= 11 is 0.991. The highest BCUT2D eigenvalue weighted by Gasteiger charge is 2.23. The predicted molar refractivity (Wildman–Crippen MR) is 154 cm³/mol. The predicted octanol–water partition coefficient (Wildman–Crippen LogP) is 4.01. The number of primary amides is 1. The number of amides is 5. The summed E-state index contributed by atoms with van der Waals surface area (Å²) in [4.78, 5) is 39.5. The molecule has 0 atom stereocenters. The maximum Gasteiger partial charge on any atom is 0.323 e. The fourth-order valence-corrected chi connectivity index (χ4v) is 5.00. The van der Waals surface area contributed by atoms with Gasteiger partial charge in [-0.3, -0.25) is 15.0 Å². The number of urea groups is 2. The van der Waals surface area contributed by atoms with Crippen LogP contribution in [0.1, 0.15) is 27.9 Å². The fraction of sp³-hybridized carbons (Fsp3) is 0.333. The molecule has 1 saturated heterocycles. The smallest absolute Gasteiger partial charge is 0.323 e. The molecule has 11 nitrogen and oxygen atoms in total. The molecule has 1 aliphatic heterocycles. The molecular weight excluding hydrogens is 518 g/mol. The van der Waals surface area contributed by atoms with E-state index in [-0.39, 0.29) is 16.6 Å². The van der Waals surface area contributed by atoms with Gasteiger partial charge in [-0.25, -0.2) is 9.59 Å². The van der Waals surface area contributed by atoms with Crippen LogP contribution in [0, 0.1) is 13.8 Å². The van der Waals surface area contributed by atoms with Gasteiger partial charge in [0.05, 0.1) is 18.9 Å². The zero-order valence-electron chi connectivity index (χ0n) is 22.0. The number of hydrogen-bond donors (Lipinski definition) is 5. The molecule has 0 spiro atoms. The summed E-state index contributed by atoms with van der Waals surface area (Å²) in [5.74, 6) is -0.694. The Morgan fingerprint density at radius 3 is 2.36 bits per heavy atom. The number of rotatable bonds is 9. The van der Waals surface area contributed by atoms with Crippen molar-refractivity contribution in [2.24, 2.45) is 5.73 Å². The molecule has 2 heterocycles. The van der Waals surface area contributed by atoms with Crippen LogP contribution < -0.4 is 27.0 Å². The first-order chi connectivity index (χ1) is 18.8. The van der Waals surface area contributed by atoms with Gasteiger partial charge in [0.15, 0.2) is 0 Å². The highest BCUT2D eigenvalue weighted by Crippen LogP contribution is 2.34. The van der Waals surface area contributed by atoms with Crippen LogP contribution in [0.5, 0.6) is 0 Å². The molecule has 39 heavy (non-hydrogen) atoms. The van der Waals surface area contributed by atoms with Gasteiger partial charge in [-0.1, -0.05) is 23.8 Å². The number of benzene rings is 2. The van der Waals surface area contributed by atoms with E-state index in [1.54, 1.807) is 18.2 Å². The summed E-state index contributed by atoms with van der Waals surface area (Å²) in [5.41, 5.74) is 10.0. The topological polar surface area (TPSA) is 151 Å². The third kappa shape index (κ3) is 7.76. The van der Waals surface area contributed by atoms with Gasteiger partial charge in [-0.05, 0) is 68.2 Å². The Hall–Kier alpha value is -4.00. The van der Waals surface area contributed by atoms with Crippen LogP contribution in [0.15, 0.2) is 42.5 Å². The Labute approximate surface area is 231 Å². The lowest BCUT2D eigenvalue weighted by atomic mass is 10.0. The van der Waals surface area contributed by atoms with E-state index in [1.165, 1.54) is 0 Å². The third-order valence-electron chi connectivity index (χ3n) is 6.25. The Balaban J connectivity index is 1.37. The Morgan fingerprint density at radius 2 is 1.67 bits per heavy atom.